The van der Waals surface area contributed by atoms with Crippen LogP contribution in [0, 0.1) is 0 Å². The standard InChI is InChI=1S/C24H24NO5P/c26-31(29-18-20-9-3-1-4-10-20,30-19-21-11-5-2-6-12-21)24(23-14-8-16-28-23)25-17-22-13-7-15-27-22/h1-16,24-25H,17-19H2. The molecule has 0 radical (unpaired) electrons. The van der Waals surface area contributed by atoms with Crippen LogP contribution in [0.4, 0.5) is 0 Å². The van der Waals surface area contributed by atoms with Crippen LogP contribution in [0.3, 0.4) is 0 Å². The van der Waals surface area contributed by atoms with Gasteiger partial charge in [0.05, 0.1) is 32.3 Å². The molecule has 7 heteroatoms. The number of hydrogen-bond donors (Lipinski definition) is 1. The summed E-state index contributed by atoms with van der Waals surface area (Å²) in [7, 11) is -3.71. The number of hydrogen-bond acceptors (Lipinski definition) is 6. The van der Waals surface area contributed by atoms with Crippen molar-refractivity contribution in [1.29, 1.82) is 0 Å². The first-order valence-electron chi connectivity index (χ1n) is 9.99. The van der Waals surface area contributed by atoms with Crippen LogP contribution in [0.1, 0.15) is 28.4 Å². The fourth-order valence-electron chi connectivity index (χ4n) is 3.09. The highest BCUT2D eigenvalue weighted by Crippen LogP contribution is 2.60. The van der Waals surface area contributed by atoms with E-state index >= 15 is 0 Å². The molecular weight excluding hydrogens is 413 g/mol. The Morgan fingerprint density at radius 1 is 0.742 bits per heavy atom. The molecule has 160 valence electrons. The lowest BCUT2D eigenvalue weighted by molar-refractivity contribution is 0.176. The van der Waals surface area contributed by atoms with Gasteiger partial charge in [0.15, 0.2) is 5.78 Å². The van der Waals surface area contributed by atoms with Crippen LogP contribution in [-0.2, 0) is 33.4 Å². The summed E-state index contributed by atoms with van der Waals surface area (Å²) in [4.78, 5) is 0. The summed E-state index contributed by atoms with van der Waals surface area (Å²) in [5, 5.41) is 3.24. The van der Waals surface area contributed by atoms with Crippen LogP contribution in [0.2, 0.25) is 0 Å². The Balaban J connectivity index is 1.58. The van der Waals surface area contributed by atoms with E-state index in [1.165, 1.54) is 6.26 Å². The van der Waals surface area contributed by atoms with Gasteiger partial charge >= 0.3 is 7.60 Å². The highest BCUT2D eigenvalue weighted by atomic mass is 31.2. The minimum Gasteiger partial charge on any atom is -0.468 e. The maximum absolute atomic E-state index is 14.1. The van der Waals surface area contributed by atoms with Crippen molar-refractivity contribution in [1.82, 2.24) is 5.32 Å². The average molecular weight is 437 g/mol. The van der Waals surface area contributed by atoms with Gasteiger partial charge in [-0.3, -0.25) is 9.88 Å². The lowest BCUT2D eigenvalue weighted by atomic mass is 10.2. The number of benzene rings is 2. The monoisotopic (exact) mass is 437 g/mol. The summed E-state index contributed by atoms with van der Waals surface area (Å²) >= 11 is 0. The van der Waals surface area contributed by atoms with Crippen LogP contribution in [0.25, 0.3) is 0 Å². The van der Waals surface area contributed by atoms with Gasteiger partial charge in [0.1, 0.15) is 11.5 Å². The van der Waals surface area contributed by atoms with Crippen LogP contribution in [0.15, 0.2) is 106 Å². The summed E-state index contributed by atoms with van der Waals surface area (Å²) in [5.41, 5.74) is 1.80. The molecule has 1 atom stereocenters. The van der Waals surface area contributed by atoms with Crippen LogP contribution in [0.5, 0.6) is 0 Å². The SMILES string of the molecule is O=P(OCc1ccccc1)(OCc1ccccc1)C(NCc1ccco1)c1ccco1. The molecule has 2 aromatic carbocycles. The van der Waals surface area contributed by atoms with E-state index in [1.807, 2.05) is 66.7 Å². The molecule has 0 fully saturated rings. The molecular formula is C24H24NO5P. The molecule has 0 spiro atoms. The summed E-state index contributed by atoms with van der Waals surface area (Å²) in [6.45, 7) is 0.630. The highest BCUT2D eigenvalue weighted by molar-refractivity contribution is 7.54. The fraction of sp³-hybridized carbons (Fsp3) is 0.167. The second kappa shape index (κ2) is 10.4. The Morgan fingerprint density at radius 2 is 1.32 bits per heavy atom. The number of rotatable bonds is 11. The molecule has 6 nitrogen and oxygen atoms in total. The van der Waals surface area contributed by atoms with Crippen molar-refractivity contribution < 1.29 is 22.4 Å². The van der Waals surface area contributed by atoms with Gasteiger partial charge in [0.25, 0.3) is 0 Å². The maximum atomic E-state index is 14.1. The predicted octanol–water partition coefficient (Wildman–Crippen LogP) is 6.29. The number of furan rings is 2. The van der Waals surface area contributed by atoms with Gasteiger partial charge in [-0.2, -0.15) is 0 Å². The Labute approximate surface area is 181 Å². The second-order valence-corrected chi connectivity index (χ2v) is 9.05. The van der Waals surface area contributed by atoms with E-state index in [9.17, 15) is 4.57 Å². The van der Waals surface area contributed by atoms with Gasteiger partial charge in [0.2, 0.25) is 0 Å². The van der Waals surface area contributed by atoms with Crippen molar-refractivity contribution in [2.75, 3.05) is 0 Å². The third-order valence-electron chi connectivity index (χ3n) is 4.69. The Morgan fingerprint density at radius 3 is 1.84 bits per heavy atom. The average Bonchev–Trinajstić information content (AvgIpc) is 3.53. The van der Waals surface area contributed by atoms with Crippen molar-refractivity contribution in [2.24, 2.45) is 0 Å². The van der Waals surface area contributed by atoms with Crippen LogP contribution in [-0.4, -0.2) is 0 Å². The van der Waals surface area contributed by atoms with E-state index in [4.69, 9.17) is 17.9 Å². The van der Waals surface area contributed by atoms with Gasteiger partial charge < -0.3 is 17.9 Å². The first-order chi connectivity index (χ1) is 15.2. The minimum absolute atomic E-state index is 0.145. The zero-order chi connectivity index (χ0) is 21.4. The quantitative estimate of drug-likeness (QED) is 0.278. The molecule has 4 aromatic rings. The van der Waals surface area contributed by atoms with Gasteiger partial charge in [-0.25, -0.2) is 0 Å². The van der Waals surface area contributed by atoms with Gasteiger partial charge in [-0.1, -0.05) is 60.7 Å². The summed E-state index contributed by atoms with van der Waals surface area (Å²) < 4.78 is 37.1. The Bertz CT molecular complexity index is 1020. The Hall–Kier alpha value is -2.89. The topological polar surface area (TPSA) is 73.8 Å². The molecule has 0 amide bonds. The molecule has 0 saturated carbocycles. The number of nitrogens with one attached hydrogen (secondary N) is 1. The molecule has 1 N–H and O–H groups in total. The third-order valence-corrected chi connectivity index (χ3v) is 6.73. The van der Waals surface area contributed by atoms with E-state index < -0.39 is 13.4 Å². The van der Waals surface area contributed by atoms with Crippen LogP contribution < -0.4 is 5.32 Å². The molecule has 0 saturated heterocycles. The van der Waals surface area contributed by atoms with E-state index in [1.54, 1.807) is 24.5 Å². The van der Waals surface area contributed by atoms with Gasteiger partial charge in [0, 0.05) is 0 Å². The molecule has 0 aliphatic carbocycles. The van der Waals surface area contributed by atoms with Crippen molar-refractivity contribution in [3.8, 4) is 0 Å². The molecule has 4 rings (SSSR count). The summed E-state index contributed by atoms with van der Waals surface area (Å²) in [6, 6.07) is 26.3. The third kappa shape index (κ3) is 5.84. The second-order valence-electron chi connectivity index (χ2n) is 6.94. The van der Waals surface area contributed by atoms with Gasteiger partial charge in [-0.05, 0) is 35.4 Å². The largest absolute Gasteiger partial charge is 0.468 e. The Kier molecular flexibility index (Phi) is 7.18. The lowest BCUT2D eigenvalue weighted by Crippen LogP contribution is -2.22. The lowest BCUT2D eigenvalue weighted by Gasteiger charge is -2.26. The molecule has 2 heterocycles. The van der Waals surface area contributed by atoms with Crippen molar-refractivity contribution in [3.05, 3.63) is 120 Å². The zero-order valence-electron chi connectivity index (χ0n) is 16.9. The smallest absolute Gasteiger partial charge is 0.355 e. The molecule has 0 aliphatic heterocycles. The fourth-order valence-corrected chi connectivity index (χ4v) is 4.89. The maximum Gasteiger partial charge on any atom is 0.355 e. The molecule has 31 heavy (non-hydrogen) atoms. The van der Waals surface area contributed by atoms with Crippen molar-refractivity contribution in [3.63, 3.8) is 0 Å². The highest BCUT2D eigenvalue weighted by Gasteiger charge is 2.39. The predicted molar refractivity (Wildman–Crippen MR) is 117 cm³/mol. The first kappa shape index (κ1) is 21.3. The van der Waals surface area contributed by atoms with E-state index in [0.717, 1.165) is 11.1 Å². The van der Waals surface area contributed by atoms with E-state index in [0.29, 0.717) is 18.1 Å². The molecule has 1 unspecified atom stereocenters. The summed E-state index contributed by atoms with van der Waals surface area (Å²) in [6.07, 6.45) is 3.13. The van der Waals surface area contributed by atoms with Crippen molar-refractivity contribution >= 4 is 7.60 Å². The normalized spacial score (nSPS) is 12.6. The zero-order valence-corrected chi connectivity index (χ0v) is 17.8. The summed E-state index contributed by atoms with van der Waals surface area (Å²) in [5.74, 6) is 0.366. The molecule has 0 aliphatic rings. The van der Waals surface area contributed by atoms with Crippen LogP contribution >= 0.6 is 7.60 Å². The first-order valence-corrected chi connectivity index (χ1v) is 11.6. The van der Waals surface area contributed by atoms with Crippen molar-refractivity contribution in [2.45, 2.75) is 25.5 Å². The molecule has 2 aromatic heterocycles. The minimum atomic E-state index is -3.71. The van der Waals surface area contributed by atoms with E-state index in [-0.39, 0.29) is 13.2 Å². The van der Waals surface area contributed by atoms with E-state index in [2.05, 4.69) is 5.32 Å². The molecule has 0 bridgehead atoms. The van der Waals surface area contributed by atoms with Gasteiger partial charge in [-0.15, -0.1) is 0 Å².